The third kappa shape index (κ3) is 4.04. The van der Waals surface area contributed by atoms with E-state index in [1.807, 2.05) is 26.0 Å². The number of aliphatic hydroxyl groups excluding tert-OH is 1. The van der Waals surface area contributed by atoms with Gasteiger partial charge in [0.2, 0.25) is 0 Å². The van der Waals surface area contributed by atoms with Crippen LogP contribution in [0.3, 0.4) is 0 Å². The Bertz CT molecular complexity index is 750. The standard InChI is InChI=1S/C20H25NO4/c1-13-4-6-18(14(2)10-13)24-12-17-5-7-19(25-17)20(23)21-9-8-16(11-21)15(3)22/h4-7,10,15-16,22H,8-9,11-12H2,1-3H3. The number of ether oxygens (including phenoxy) is 1. The molecule has 1 N–H and O–H groups in total. The Morgan fingerprint density at radius 2 is 2.16 bits per heavy atom. The van der Waals surface area contributed by atoms with Gasteiger partial charge in [-0.25, -0.2) is 0 Å². The summed E-state index contributed by atoms with van der Waals surface area (Å²) in [7, 11) is 0. The van der Waals surface area contributed by atoms with E-state index in [2.05, 4.69) is 6.07 Å². The summed E-state index contributed by atoms with van der Waals surface area (Å²) in [5.41, 5.74) is 2.26. The van der Waals surface area contributed by atoms with E-state index in [0.717, 1.165) is 17.7 Å². The highest BCUT2D eigenvalue weighted by Gasteiger charge is 2.30. The molecule has 5 heteroatoms. The highest BCUT2D eigenvalue weighted by atomic mass is 16.5. The minimum Gasteiger partial charge on any atom is -0.485 e. The molecule has 1 fully saturated rings. The van der Waals surface area contributed by atoms with Crippen molar-refractivity contribution in [2.45, 2.75) is 39.9 Å². The minimum absolute atomic E-state index is 0.124. The van der Waals surface area contributed by atoms with Gasteiger partial charge in [0.15, 0.2) is 5.76 Å². The maximum Gasteiger partial charge on any atom is 0.289 e. The number of amides is 1. The summed E-state index contributed by atoms with van der Waals surface area (Å²) < 4.78 is 11.5. The maximum atomic E-state index is 12.5. The van der Waals surface area contributed by atoms with E-state index < -0.39 is 6.10 Å². The van der Waals surface area contributed by atoms with Crippen LogP contribution in [-0.2, 0) is 6.61 Å². The molecule has 1 aliphatic heterocycles. The summed E-state index contributed by atoms with van der Waals surface area (Å²) in [4.78, 5) is 14.2. The Morgan fingerprint density at radius 1 is 1.36 bits per heavy atom. The van der Waals surface area contributed by atoms with Crippen molar-refractivity contribution in [1.82, 2.24) is 4.90 Å². The Balaban J connectivity index is 1.59. The van der Waals surface area contributed by atoms with E-state index in [9.17, 15) is 9.90 Å². The SMILES string of the molecule is Cc1ccc(OCc2ccc(C(=O)N3CCC(C(C)O)C3)o2)c(C)c1. The van der Waals surface area contributed by atoms with Crippen LogP contribution in [0.5, 0.6) is 5.75 Å². The number of carbonyl (C=O) groups is 1. The Hall–Kier alpha value is -2.27. The van der Waals surface area contributed by atoms with Crippen molar-refractivity contribution >= 4 is 5.91 Å². The second-order valence-corrected chi connectivity index (χ2v) is 6.86. The Morgan fingerprint density at radius 3 is 2.84 bits per heavy atom. The molecule has 1 aromatic heterocycles. The number of aliphatic hydroxyl groups is 1. The van der Waals surface area contributed by atoms with Gasteiger partial charge in [-0.1, -0.05) is 17.7 Å². The molecular formula is C20H25NO4. The predicted molar refractivity (Wildman–Crippen MR) is 94.6 cm³/mol. The van der Waals surface area contributed by atoms with Crippen LogP contribution < -0.4 is 4.74 Å². The third-order valence-electron chi connectivity index (χ3n) is 4.77. The highest BCUT2D eigenvalue weighted by molar-refractivity contribution is 5.91. The van der Waals surface area contributed by atoms with E-state index in [0.29, 0.717) is 24.6 Å². The lowest BCUT2D eigenvalue weighted by Crippen LogP contribution is -2.30. The number of nitrogens with zero attached hydrogens (tertiary/aromatic N) is 1. The van der Waals surface area contributed by atoms with Crippen molar-refractivity contribution in [3.63, 3.8) is 0 Å². The number of likely N-dealkylation sites (tertiary alicyclic amines) is 1. The van der Waals surface area contributed by atoms with Gasteiger partial charge in [-0.15, -0.1) is 0 Å². The molecule has 0 radical (unpaired) electrons. The first-order chi connectivity index (χ1) is 11.9. The van der Waals surface area contributed by atoms with Crippen LogP contribution in [0.2, 0.25) is 0 Å². The zero-order chi connectivity index (χ0) is 18.0. The average Bonchev–Trinajstić information content (AvgIpc) is 3.23. The summed E-state index contributed by atoms with van der Waals surface area (Å²) in [6.45, 7) is 7.34. The van der Waals surface area contributed by atoms with E-state index in [1.54, 1.807) is 24.0 Å². The van der Waals surface area contributed by atoms with Crippen LogP contribution in [0.15, 0.2) is 34.7 Å². The number of aryl methyl sites for hydroxylation is 2. The van der Waals surface area contributed by atoms with Crippen LogP contribution >= 0.6 is 0 Å². The zero-order valence-corrected chi connectivity index (χ0v) is 15.0. The molecule has 0 spiro atoms. The van der Waals surface area contributed by atoms with Gasteiger partial charge in [-0.3, -0.25) is 4.79 Å². The molecule has 0 aliphatic carbocycles. The smallest absolute Gasteiger partial charge is 0.289 e. The summed E-state index contributed by atoms with van der Waals surface area (Å²) in [5.74, 6) is 1.78. The molecule has 1 aromatic carbocycles. The molecule has 0 bridgehead atoms. The van der Waals surface area contributed by atoms with E-state index in [1.165, 1.54) is 5.56 Å². The van der Waals surface area contributed by atoms with Crippen molar-refractivity contribution in [1.29, 1.82) is 0 Å². The lowest BCUT2D eigenvalue weighted by Gasteiger charge is -2.16. The number of carbonyl (C=O) groups excluding carboxylic acids is 1. The van der Waals surface area contributed by atoms with Crippen LogP contribution in [0, 0.1) is 19.8 Å². The number of furan rings is 1. The van der Waals surface area contributed by atoms with E-state index >= 15 is 0 Å². The summed E-state index contributed by atoms with van der Waals surface area (Å²) in [6, 6.07) is 9.49. The summed E-state index contributed by atoms with van der Waals surface area (Å²) in [5, 5.41) is 9.67. The molecule has 1 saturated heterocycles. The van der Waals surface area contributed by atoms with Gasteiger partial charge >= 0.3 is 0 Å². The third-order valence-corrected chi connectivity index (χ3v) is 4.77. The molecule has 2 atom stereocenters. The fourth-order valence-electron chi connectivity index (χ4n) is 3.20. The van der Waals surface area contributed by atoms with Crippen molar-refractivity contribution in [2.75, 3.05) is 13.1 Å². The highest BCUT2D eigenvalue weighted by Crippen LogP contribution is 2.23. The van der Waals surface area contributed by atoms with Crippen molar-refractivity contribution in [3.8, 4) is 5.75 Å². The molecule has 0 saturated carbocycles. The molecule has 5 nitrogen and oxygen atoms in total. The second kappa shape index (κ2) is 7.31. The van der Waals surface area contributed by atoms with Crippen LogP contribution in [0.4, 0.5) is 0 Å². The van der Waals surface area contributed by atoms with Crippen LogP contribution in [0.1, 0.15) is 40.8 Å². The minimum atomic E-state index is -0.392. The summed E-state index contributed by atoms with van der Waals surface area (Å²) in [6.07, 6.45) is 0.434. The van der Waals surface area contributed by atoms with Crippen LogP contribution in [0.25, 0.3) is 0 Å². The lowest BCUT2D eigenvalue weighted by molar-refractivity contribution is 0.0727. The first kappa shape index (κ1) is 17.5. The molecule has 2 unspecified atom stereocenters. The number of rotatable bonds is 5. The van der Waals surface area contributed by atoms with Gasteiger partial charge in [-0.05, 0) is 51.0 Å². The normalized spacial score (nSPS) is 18.4. The molecule has 134 valence electrons. The monoisotopic (exact) mass is 343 g/mol. The van der Waals surface area contributed by atoms with Gasteiger partial charge in [0.05, 0.1) is 6.10 Å². The first-order valence-electron chi connectivity index (χ1n) is 8.70. The predicted octanol–water partition coefficient (Wildman–Crippen LogP) is 3.32. The molecule has 1 aliphatic rings. The molecule has 3 rings (SSSR count). The maximum absolute atomic E-state index is 12.5. The Labute approximate surface area is 148 Å². The van der Waals surface area contributed by atoms with Gasteiger partial charge < -0.3 is 19.2 Å². The fourth-order valence-corrected chi connectivity index (χ4v) is 3.20. The molecular weight excluding hydrogens is 318 g/mol. The molecule has 25 heavy (non-hydrogen) atoms. The number of hydrogen-bond acceptors (Lipinski definition) is 4. The van der Waals surface area contributed by atoms with E-state index in [-0.39, 0.29) is 18.4 Å². The van der Waals surface area contributed by atoms with Crippen LogP contribution in [-0.4, -0.2) is 35.1 Å². The Kier molecular flexibility index (Phi) is 5.13. The fraction of sp³-hybridized carbons (Fsp3) is 0.450. The van der Waals surface area contributed by atoms with Crippen molar-refractivity contribution in [2.24, 2.45) is 5.92 Å². The zero-order valence-electron chi connectivity index (χ0n) is 15.0. The largest absolute Gasteiger partial charge is 0.485 e. The molecule has 2 aromatic rings. The molecule has 1 amide bonds. The molecule has 2 heterocycles. The van der Waals surface area contributed by atoms with Gasteiger partial charge in [0, 0.05) is 19.0 Å². The van der Waals surface area contributed by atoms with Gasteiger partial charge in [-0.2, -0.15) is 0 Å². The van der Waals surface area contributed by atoms with Gasteiger partial charge in [0.25, 0.3) is 5.91 Å². The number of benzene rings is 1. The average molecular weight is 343 g/mol. The van der Waals surface area contributed by atoms with E-state index in [4.69, 9.17) is 9.15 Å². The quantitative estimate of drug-likeness (QED) is 0.905. The number of hydrogen-bond donors (Lipinski definition) is 1. The summed E-state index contributed by atoms with van der Waals surface area (Å²) >= 11 is 0. The second-order valence-electron chi connectivity index (χ2n) is 6.86. The van der Waals surface area contributed by atoms with Gasteiger partial charge in [0.1, 0.15) is 18.1 Å². The van der Waals surface area contributed by atoms with Crippen molar-refractivity contribution < 1.29 is 19.1 Å². The topological polar surface area (TPSA) is 62.9 Å². The first-order valence-corrected chi connectivity index (χ1v) is 8.70. The van der Waals surface area contributed by atoms with Crippen molar-refractivity contribution in [3.05, 3.63) is 53.0 Å². The lowest BCUT2D eigenvalue weighted by atomic mass is 10.0.